The number of likely N-dealkylation sites (tertiary alicyclic amines) is 1. The third kappa shape index (κ3) is 13.2. The number of benzene rings is 1. The van der Waals surface area contributed by atoms with Gasteiger partial charge in [-0.2, -0.15) is 0 Å². The van der Waals surface area contributed by atoms with Crippen LogP contribution in [0.25, 0.3) is 0 Å². The van der Waals surface area contributed by atoms with Crippen LogP contribution in [0.5, 0.6) is 0 Å². The van der Waals surface area contributed by atoms with Crippen molar-refractivity contribution < 1.29 is 15.8 Å². The van der Waals surface area contributed by atoms with E-state index in [-0.39, 0.29) is 13.3 Å². The zero-order valence-electron chi connectivity index (χ0n) is 26.1. The van der Waals surface area contributed by atoms with Crippen LogP contribution in [0, 0.1) is 11.8 Å². The van der Waals surface area contributed by atoms with Gasteiger partial charge in [0.1, 0.15) is 0 Å². The molecule has 1 aliphatic heterocycles. The van der Waals surface area contributed by atoms with E-state index in [0.29, 0.717) is 36.8 Å². The number of amidine groups is 1. The van der Waals surface area contributed by atoms with Gasteiger partial charge in [0.15, 0.2) is 0 Å². The number of methoxy groups -OCH3 is 1. The van der Waals surface area contributed by atoms with Gasteiger partial charge < -0.3 is 25.2 Å². The van der Waals surface area contributed by atoms with Gasteiger partial charge in [-0.1, -0.05) is 34.1 Å². The van der Waals surface area contributed by atoms with E-state index in [1.807, 2.05) is 30.0 Å². The van der Waals surface area contributed by atoms with Crippen LogP contribution < -0.4 is 10.6 Å². The smallest absolute Gasteiger partial charge is 0.305 e. The van der Waals surface area contributed by atoms with Crippen LogP contribution in [0.4, 0.5) is 11.4 Å². The van der Waals surface area contributed by atoms with Crippen LogP contribution >= 0.6 is 0 Å². The summed E-state index contributed by atoms with van der Waals surface area (Å²) in [6.07, 6.45) is 7.99. The van der Waals surface area contributed by atoms with Gasteiger partial charge in [-0.3, -0.25) is 14.6 Å². The quantitative estimate of drug-likeness (QED) is 0.0976. The summed E-state index contributed by atoms with van der Waals surface area (Å²) >= 11 is 0. The highest BCUT2D eigenvalue weighted by Crippen LogP contribution is 2.25. The van der Waals surface area contributed by atoms with E-state index in [9.17, 15) is 9.59 Å². The largest absolute Gasteiger partial charge is 0.469 e. The van der Waals surface area contributed by atoms with Crippen molar-refractivity contribution in [2.45, 2.75) is 86.0 Å². The summed E-state index contributed by atoms with van der Waals surface area (Å²) in [6.45, 7) is 17.2. The molecule has 8 nitrogen and oxygen atoms in total. The van der Waals surface area contributed by atoms with Crippen molar-refractivity contribution >= 4 is 29.1 Å². The minimum absolute atomic E-state index is 0. The number of nitrogens with one attached hydrogen (secondary N) is 2. The predicted molar refractivity (Wildman–Crippen MR) is 170 cm³/mol. The van der Waals surface area contributed by atoms with Crippen molar-refractivity contribution in [1.82, 2.24) is 9.80 Å². The summed E-state index contributed by atoms with van der Waals surface area (Å²) in [5.41, 5.74) is 2.53. The lowest BCUT2D eigenvalue weighted by Gasteiger charge is -2.26. The number of hydrogen-bond donors (Lipinski definition) is 2. The van der Waals surface area contributed by atoms with E-state index in [1.165, 1.54) is 39.5 Å². The molecule has 1 aliphatic rings. The Kier molecular flexibility index (Phi) is 15.7. The third-order valence-corrected chi connectivity index (χ3v) is 7.35. The zero-order chi connectivity index (χ0) is 29.3. The van der Waals surface area contributed by atoms with Gasteiger partial charge in [0.2, 0.25) is 0 Å². The lowest BCUT2D eigenvalue weighted by Crippen LogP contribution is -2.34. The second-order valence-corrected chi connectivity index (χ2v) is 11.9. The highest BCUT2D eigenvalue weighted by Gasteiger charge is 2.18. The van der Waals surface area contributed by atoms with Crippen molar-refractivity contribution in [2.75, 3.05) is 63.6 Å². The molecule has 1 aromatic carbocycles. The van der Waals surface area contributed by atoms with E-state index in [0.717, 1.165) is 62.7 Å². The number of carbonyl (C=O) groups excluding carboxylic acids is 2. The number of aliphatic imine (C=N–C) groups is 1. The molecule has 0 atom stereocenters. The molecule has 1 fully saturated rings. The molecule has 0 aliphatic carbocycles. The van der Waals surface area contributed by atoms with Gasteiger partial charge in [0, 0.05) is 39.6 Å². The van der Waals surface area contributed by atoms with E-state index < -0.39 is 0 Å². The van der Waals surface area contributed by atoms with Crippen molar-refractivity contribution in [3.8, 4) is 0 Å². The van der Waals surface area contributed by atoms with Crippen LogP contribution in [-0.4, -0.2) is 80.4 Å². The molecule has 228 valence electrons. The molecule has 8 heteroatoms. The van der Waals surface area contributed by atoms with Crippen molar-refractivity contribution in [3.63, 3.8) is 0 Å². The van der Waals surface area contributed by atoms with Gasteiger partial charge in [0.05, 0.1) is 24.3 Å². The molecular weight excluding hydrogens is 502 g/mol. The first-order valence-corrected chi connectivity index (χ1v) is 15.4. The molecule has 0 spiro atoms. The van der Waals surface area contributed by atoms with Crippen LogP contribution in [-0.2, 0) is 9.53 Å². The van der Waals surface area contributed by atoms with Gasteiger partial charge in [-0.15, -0.1) is 0 Å². The first-order valence-electron chi connectivity index (χ1n) is 15.4. The molecule has 0 radical (unpaired) electrons. The number of hydrogen-bond acceptors (Lipinski definition) is 6. The highest BCUT2D eigenvalue weighted by molar-refractivity contribution is 6.00. The standard InChI is InChI=1S/C32H55N5O3.H2/c1-25(2)15-22-37(23-16-26(3)4)32(39)28-13-14-29(35-27(5)33-17-10-12-31(38)40-6)30(24-28)34-18-11-21-36-19-8-7-9-20-36;/h13-14,24-26,34H,7-12,15-23H2,1-6H3,(H,33,35);1H. The minimum atomic E-state index is -0.215. The van der Waals surface area contributed by atoms with Crippen LogP contribution in [0.15, 0.2) is 23.2 Å². The van der Waals surface area contributed by atoms with E-state index in [4.69, 9.17) is 4.74 Å². The number of piperidine rings is 1. The molecule has 1 amide bonds. The van der Waals surface area contributed by atoms with Crippen molar-refractivity contribution in [3.05, 3.63) is 23.8 Å². The molecule has 0 unspecified atom stereocenters. The molecule has 0 saturated carbocycles. The molecule has 2 rings (SSSR count). The fraction of sp³-hybridized carbons (Fsp3) is 0.719. The second-order valence-electron chi connectivity index (χ2n) is 11.9. The van der Waals surface area contributed by atoms with Gasteiger partial charge in [0.25, 0.3) is 5.91 Å². The van der Waals surface area contributed by atoms with E-state index in [1.54, 1.807) is 0 Å². The Morgan fingerprint density at radius 2 is 1.70 bits per heavy atom. The average molecular weight is 560 g/mol. The topological polar surface area (TPSA) is 86.3 Å². The molecule has 40 heavy (non-hydrogen) atoms. The van der Waals surface area contributed by atoms with Crippen LogP contribution in [0.1, 0.15) is 97.8 Å². The summed E-state index contributed by atoms with van der Waals surface area (Å²) < 4.78 is 4.71. The summed E-state index contributed by atoms with van der Waals surface area (Å²) in [5, 5.41) is 7.02. The van der Waals surface area contributed by atoms with Crippen LogP contribution in [0.2, 0.25) is 0 Å². The Morgan fingerprint density at radius 1 is 1.02 bits per heavy atom. The lowest BCUT2D eigenvalue weighted by atomic mass is 10.1. The van der Waals surface area contributed by atoms with E-state index >= 15 is 0 Å². The summed E-state index contributed by atoms with van der Waals surface area (Å²) in [4.78, 5) is 34.2. The number of ether oxygens (including phenoxy) is 1. The summed E-state index contributed by atoms with van der Waals surface area (Å²) in [5.74, 6) is 1.75. The maximum atomic E-state index is 13.7. The molecular formula is C32H57N5O3. The summed E-state index contributed by atoms with van der Waals surface area (Å²) in [6, 6.07) is 5.90. The number of esters is 1. The first kappa shape index (κ1) is 33.6. The molecule has 0 aromatic heterocycles. The Bertz CT molecular complexity index is 920. The predicted octanol–water partition coefficient (Wildman–Crippen LogP) is 6.54. The minimum Gasteiger partial charge on any atom is -0.469 e. The number of amides is 1. The third-order valence-electron chi connectivity index (χ3n) is 7.35. The normalized spacial score (nSPS) is 14.4. The summed E-state index contributed by atoms with van der Waals surface area (Å²) in [7, 11) is 1.40. The second kappa shape index (κ2) is 18.7. The highest BCUT2D eigenvalue weighted by atomic mass is 16.5. The SMILES string of the molecule is COC(=O)CCCN=C(C)Nc1ccc(C(=O)N(CCC(C)C)CCC(C)C)cc1NCCCN1CCCCC1.[HH]. The number of carbonyl (C=O) groups is 2. The fourth-order valence-corrected chi connectivity index (χ4v) is 4.77. The number of rotatable bonds is 17. The number of nitrogens with zero attached hydrogens (tertiary/aromatic N) is 3. The maximum Gasteiger partial charge on any atom is 0.305 e. The van der Waals surface area contributed by atoms with Gasteiger partial charge >= 0.3 is 5.97 Å². The molecule has 1 saturated heterocycles. The molecule has 1 heterocycles. The maximum absolute atomic E-state index is 13.7. The Hall–Kier alpha value is -2.61. The zero-order valence-corrected chi connectivity index (χ0v) is 26.1. The fourth-order valence-electron chi connectivity index (χ4n) is 4.77. The van der Waals surface area contributed by atoms with Crippen molar-refractivity contribution in [2.24, 2.45) is 16.8 Å². The van der Waals surface area contributed by atoms with Gasteiger partial charge in [-0.25, -0.2) is 0 Å². The monoisotopic (exact) mass is 559 g/mol. The van der Waals surface area contributed by atoms with E-state index in [2.05, 4.69) is 48.2 Å². The lowest BCUT2D eigenvalue weighted by molar-refractivity contribution is -0.140. The Morgan fingerprint density at radius 3 is 2.33 bits per heavy atom. The average Bonchev–Trinajstić information content (AvgIpc) is 2.94. The molecule has 0 bridgehead atoms. The van der Waals surface area contributed by atoms with Crippen molar-refractivity contribution in [1.29, 1.82) is 0 Å². The van der Waals surface area contributed by atoms with Crippen LogP contribution in [0.3, 0.4) is 0 Å². The number of anilines is 2. The molecule has 2 N–H and O–H groups in total. The molecule has 1 aromatic rings. The van der Waals surface area contributed by atoms with Gasteiger partial charge in [-0.05, 0) is 95.1 Å². The first-order chi connectivity index (χ1) is 19.2. The Balaban J connectivity index is 0.00000840. The Labute approximate surface area is 244 Å².